The molecule has 0 bridgehead atoms. The number of carbonyl (C=O) groups excluding carboxylic acids is 1. The van der Waals surface area contributed by atoms with E-state index in [2.05, 4.69) is 20.5 Å². The number of thiophene rings is 1. The van der Waals surface area contributed by atoms with Crippen LogP contribution in [0.3, 0.4) is 0 Å². The lowest BCUT2D eigenvalue weighted by molar-refractivity contribution is 0.102. The van der Waals surface area contributed by atoms with Crippen LogP contribution in [0.15, 0.2) is 35.7 Å². The predicted octanol–water partition coefficient (Wildman–Crippen LogP) is 3.48. The van der Waals surface area contributed by atoms with Crippen LogP contribution in [0.1, 0.15) is 9.67 Å². The van der Waals surface area contributed by atoms with E-state index in [0.29, 0.717) is 21.1 Å². The molecule has 3 aromatic heterocycles. The lowest BCUT2D eigenvalue weighted by Crippen LogP contribution is -2.13. The van der Waals surface area contributed by atoms with Crippen molar-refractivity contribution in [3.05, 3.63) is 45.6 Å². The molecule has 0 aliphatic rings. The van der Waals surface area contributed by atoms with Crippen LogP contribution in [0.2, 0.25) is 5.02 Å². The number of anilines is 1. The van der Waals surface area contributed by atoms with Crippen molar-refractivity contribution in [1.82, 2.24) is 19.7 Å². The van der Waals surface area contributed by atoms with Gasteiger partial charge in [0.05, 0.1) is 10.4 Å². The van der Waals surface area contributed by atoms with Crippen molar-refractivity contribution in [3.8, 4) is 0 Å². The zero-order chi connectivity index (χ0) is 16.0. The minimum atomic E-state index is -0.247. The molecule has 6 nitrogen and oxygen atoms in total. The number of hydrogen-bond donors (Lipinski definition) is 1. The van der Waals surface area contributed by atoms with Crippen molar-refractivity contribution < 1.29 is 4.79 Å². The Labute approximate surface area is 139 Å². The molecule has 0 aliphatic carbocycles. The lowest BCUT2D eigenvalue weighted by atomic mass is 10.2. The van der Waals surface area contributed by atoms with Crippen molar-refractivity contribution in [1.29, 1.82) is 0 Å². The summed E-state index contributed by atoms with van der Waals surface area (Å²) in [6, 6.07) is 9.11. The molecule has 0 atom stereocenters. The van der Waals surface area contributed by atoms with Gasteiger partial charge in [-0.15, -0.1) is 21.5 Å². The molecular formula is C15H10ClN5OS. The molecule has 0 aliphatic heterocycles. The Morgan fingerprint density at radius 1 is 1.30 bits per heavy atom. The highest BCUT2D eigenvalue weighted by molar-refractivity contribution is 7.12. The Bertz CT molecular complexity index is 1040. The van der Waals surface area contributed by atoms with Gasteiger partial charge in [-0.3, -0.25) is 10.1 Å². The molecule has 0 saturated heterocycles. The van der Waals surface area contributed by atoms with Gasteiger partial charge < -0.3 is 4.57 Å². The third-order valence-corrected chi connectivity index (χ3v) is 4.64. The van der Waals surface area contributed by atoms with Gasteiger partial charge in [0.25, 0.3) is 11.9 Å². The van der Waals surface area contributed by atoms with E-state index in [1.165, 1.54) is 11.3 Å². The average Bonchev–Trinajstić information content (AvgIpc) is 3.16. The smallest absolute Gasteiger partial charge is 0.268 e. The first-order chi connectivity index (χ1) is 11.1. The van der Waals surface area contributed by atoms with Crippen LogP contribution >= 0.6 is 22.9 Å². The summed E-state index contributed by atoms with van der Waals surface area (Å²) in [6.07, 6.45) is 0. The van der Waals surface area contributed by atoms with Crippen molar-refractivity contribution >= 4 is 56.9 Å². The van der Waals surface area contributed by atoms with Crippen LogP contribution in [0.5, 0.6) is 0 Å². The van der Waals surface area contributed by atoms with Crippen molar-refractivity contribution in [3.63, 3.8) is 0 Å². The minimum Gasteiger partial charge on any atom is -0.327 e. The highest BCUT2D eigenvalue weighted by Crippen LogP contribution is 2.27. The lowest BCUT2D eigenvalue weighted by Gasteiger charge is -2.01. The van der Waals surface area contributed by atoms with E-state index in [4.69, 9.17) is 11.6 Å². The summed E-state index contributed by atoms with van der Waals surface area (Å²) < 4.78 is 1.90. The molecule has 4 rings (SSSR count). The molecule has 4 aromatic rings. The number of hydrogen-bond acceptors (Lipinski definition) is 5. The van der Waals surface area contributed by atoms with Crippen LogP contribution in [-0.4, -0.2) is 25.7 Å². The Morgan fingerprint density at radius 2 is 2.17 bits per heavy atom. The van der Waals surface area contributed by atoms with E-state index in [0.717, 1.165) is 10.9 Å². The summed E-state index contributed by atoms with van der Waals surface area (Å²) in [6.45, 7) is 0. The fraction of sp³-hybridized carbons (Fsp3) is 0.0667. The predicted molar refractivity (Wildman–Crippen MR) is 91.1 cm³/mol. The van der Waals surface area contributed by atoms with Crippen LogP contribution in [0.25, 0.3) is 22.1 Å². The van der Waals surface area contributed by atoms with E-state index in [9.17, 15) is 4.79 Å². The van der Waals surface area contributed by atoms with Gasteiger partial charge in [-0.2, -0.15) is 4.98 Å². The van der Waals surface area contributed by atoms with Gasteiger partial charge in [0.1, 0.15) is 5.52 Å². The van der Waals surface area contributed by atoms with Gasteiger partial charge in [-0.25, -0.2) is 0 Å². The molecule has 8 heteroatoms. The summed E-state index contributed by atoms with van der Waals surface area (Å²) in [4.78, 5) is 17.1. The molecule has 0 spiro atoms. The Kier molecular flexibility index (Phi) is 3.24. The Hall–Kier alpha value is -2.51. The Morgan fingerprint density at radius 3 is 2.96 bits per heavy atom. The summed E-state index contributed by atoms with van der Waals surface area (Å²) in [5, 5.41) is 14.2. The number of carbonyl (C=O) groups is 1. The molecule has 1 N–H and O–H groups in total. The summed E-state index contributed by atoms with van der Waals surface area (Å²) in [7, 11) is 1.89. The molecule has 0 radical (unpaired) electrons. The molecule has 23 heavy (non-hydrogen) atoms. The number of nitrogens with one attached hydrogen (secondary N) is 1. The van der Waals surface area contributed by atoms with Gasteiger partial charge in [-0.05, 0) is 29.6 Å². The van der Waals surface area contributed by atoms with Crippen LogP contribution in [-0.2, 0) is 7.05 Å². The number of amides is 1. The van der Waals surface area contributed by atoms with Crippen molar-refractivity contribution in [2.45, 2.75) is 0 Å². The number of fused-ring (bicyclic) bond motifs is 3. The number of aromatic nitrogens is 4. The fourth-order valence-corrected chi connectivity index (χ4v) is 3.25. The third kappa shape index (κ3) is 2.34. The highest BCUT2D eigenvalue weighted by atomic mass is 35.5. The number of rotatable bonds is 2. The first-order valence-electron chi connectivity index (χ1n) is 6.77. The third-order valence-electron chi connectivity index (χ3n) is 3.53. The molecule has 0 fully saturated rings. The fourth-order valence-electron chi connectivity index (χ4n) is 2.45. The molecule has 1 amide bonds. The molecule has 1 aromatic carbocycles. The summed E-state index contributed by atoms with van der Waals surface area (Å²) in [5.41, 5.74) is 2.24. The SMILES string of the molecule is Cn1c2ccc(Cl)cc2c2nnc(NC(=O)c3cccs3)nc21. The van der Waals surface area contributed by atoms with E-state index in [-0.39, 0.29) is 11.9 Å². The van der Waals surface area contributed by atoms with Crippen LogP contribution < -0.4 is 5.32 Å². The number of nitrogens with zero attached hydrogens (tertiary/aromatic N) is 4. The number of aryl methyl sites for hydroxylation is 1. The van der Waals surface area contributed by atoms with Gasteiger partial charge in [-0.1, -0.05) is 17.7 Å². The highest BCUT2D eigenvalue weighted by Gasteiger charge is 2.15. The second-order valence-corrected chi connectivity index (χ2v) is 6.34. The van der Waals surface area contributed by atoms with E-state index >= 15 is 0 Å². The normalized spacial score (nSPS) is 11.2. The second-order valence-electron chi connectivity index (χ2n) is 4.96. The molecule has 0 unspecified atom stereocenters. The first-order valence-corrected chi connectivity index (χ1v) is 8.02. The van der Waals surface area contributed by atoms with Gasteiger partial charge >= 0.3 is 0 Å². The molecule has 114 valence electrons. The van der Waals surface area contributed by atoms with Crippen molar-refractivity contribution in [2.24, 2.45) is 7.05 Å². The maximum atomic E-state index is 12.1. The Balaban J connectivity index is 1.80. The zero-order valence-electron chi connectivity index (χ0n) is 11.9. The standard InChI is InChI=1S/C15H10ClN5OS/c1-21-10-5-4-8(16)7-9(10)12-13(21)17-15(20-19-12)18-14(22)11-3-2-6-23-11/h2-7H,1H3,(H,17,18,20,22). The summed E-state index contributed by atoms with van der Waals surface area (Å²) >= 11 is 7.41. The maximum Gasteiger partial charge on any atom is 0.268 e. The van der Waals surface area contributed by atoms with E-state index in [1.54, 1.807) is 6.07 Å². The zero-order valence-corrected chi connectivity index (χ0v) is 13.5. The number of benzene rings is 1. The number of halogens is 1. The average molecular weight is 344 g/mol. The van der Waals surface area contributed by atoms with Gasteiger partial charge in [0, 0.05) is 17.5 Å². The largest absolute Gasteiger partial charge is 0.327 e. The second kappa shape index (κ2) is 5.29. The quantitative estimate of drug-likeness (QED) is 0.604. The van der Waals surface area contributed by atoms with Crippen LogP contribution in [0, 0.1) is 0 Å². The van der Waals surface area contributed by atoms with E-state index in [1.807, 2.05) is 41.3 Å². The molecule has 0 saturated carbocycles. The molecular weight excluding hydrogens is 334 g/mol. The minimum absolute atomic E-state index is 0.174. The monoisotopic (exact) mass is 343 g/mol. The van der Waals surface area contributed by atoms with Gasteiger partial charge in [0.15, 0.2) is 5.65 Å². The van der Waals surface area contributed by atoms with E-state index < -0.39 is 0 Å². The summed E-state index contributed by atoms with van der Waals surface area (Å²) in [5.74, 6) is -0.0733. The topological polar surface area (TPSA) is 72.7 Å². The maximum absolute atomic E-state index is 12.1. The van der Waals surface area contributed by atoms with Crippen LogP contribution in [0.4, 0.5) is 5.95 Å². The molecule has 3 heterocycles. The first kappa shape index (κ1) is 14.1. The van der Waals surface area contributed by atoms with Gasteiger partial charge in [0.2, 0.25) is 0 Å². The van der Waals surface area contributed by atoms with Crippen molar-refractivity contribution in [2.75, 3.05) is 5.32 Å².